The highest BCUT2D eigenvalue weighted by molar-refractivity contribution is 5.09. The van der Waals surface area contributed by atoms with Crippen molar-refractivity contribution in [2.24, 2.45) is 17.1 Å². The van der Waals surface area contributed by atoms with Crippen LogP contribution in [0, 0.1) is 11.3 Å². The van der Waals surface area contributed by atoms with Gasteiger partial charge in [-0.25, -0.2) is 0 Å². The van der Waals surface area contributed by atoms with Gasteiger partial charge in [0.2, 0.25) is 0 Å². The second kappa shape index (κ2) is 1.58. The van der Waals surface area contributed by atoms with Crippen molar-refractivity contribution >= 4 is 0 Å². The fourth-order valence-electron chi connectivity index (χ4n) is 2.66. The van der Waals surface area contributed by atoms with Gasteiger partial charge < -0.3 is 5.73 Å². The second-order valence-electron chi connectivity index (χ2n) is 4.80. The molecule has 3 atom stereocenters. The van der Waals surface area contributed by atoms with Crippen LogP contribution in [0.4, 0.5) is 0 Å². The van der Waals surface area contributed by atoms with Gasteiger partial charge in [0.25, 0.3) is 0 Å². The monoisotopic (exact) mass is 139 g/mol. The maximum absolute atomic E-state index is 6.06. The average Bonchev–Trinajstić information content (AvgIpc) is 2.25. The van der Waals surface area contributed by atoms with Gasteiger partial charge in [0, 0.05) is 5.54 Å². The van der Waals surface area contributed by atoms with Crippen molar-refractivity contribution in [3.05, 3.63) is 0 Å². The largest absolute Gasteiger partial charge is 0.325 e. The average molecular weight is 139 g/mol. The van der Waals surface area contributed by atoms with Gasteiger partial charge in [0.05, 0.1) is 0 Å². The Morgan fingerprint density at radius 3 is 2.20 bits per heavy atom. The molecule has 58 valence electrons. The SMILES string of the molecule is CC1C[C@@]12CCC(C)(N)C2. The van der Waals surface area contributed by atoms with E-state index in [9.17, 15) is 0 Å². The Morgan fingerprint density at radius 2 is 2.00 bits per heavy atom. The minimum absolute atomic E-state index is 0.171. The van der Waals surface area contributed by atoms with Crippen LogP contribution in [0.25, 0.3) is 0 Å². The third kappa shape index (κ3) is 0.800. The fraction of sp³-hybridized carbons (Fsp3) is 1.00. The minimum atomic E-state index is 0.171. The first-order valence-electron chi connectivity index (χ1n) is 4.33. The molecule has 0 saturated heterocycles. The summed E-state index contributed by atoms with van der Waals surface area (Å²) in [6.45, 7) is 4.56. The molecular formula is C9H17N. The van der Waals surface area contributed by atoms with Crippen molar-refractivity contribution in [1.29, 1.82) is 0 Å². The van der Waals surface area contributed by atoms with E-state index in [-0.39, 0.29) is 5.54 Å². The molecule has 2 aliphatic rings. The molecule has 1 nitrogen and oxygen atoms in total. The minimum Gasteiger partial charge on any atom is -0.325 e. The smallest absolute Gasteiger partial charge is 0.0131 e. The Labute approximate surface area is 63.0 Å². The van der Waals surface area contributed by atoms with Crippen LogP contribution < -0.4 is 5.73 Å². The normalized spacial score (nSPS) is 59.7. The van der Waals surface area contributed by atoms with Gasteiger partial charge >= 0.3 is 0 Å². The predicted octanol–water partition coefficient (Wildman–Crippen LogP) is 1.91. The predicted molar refractivity (Wildman–Crippen MR) is 42.7 cm³/mol. The van der Waals surface area contributed by atoms with Gasteiger partial charge in [-0.1, -0.05) is 6.92 Å². The number of nitrogens with two attached hydrogens (primary N) is 1. The fourth-order valence-corrected chi connectivity index (χ4v) is 2.66. The van der Waals surface area contributed by atoms with Gasteiger partial charge in [-0.05, 0) is 43.9 Å². The maximum atomic E-state index is 6.06. The summed E-state index contributed by atoms with van der Waals surface area (Å²) in [5.74, 6) is 0.970. The van der Waals surface area contributed by atoms with Crippen LogP contribution in [-0.4, -0.2) is 5.54 Å². The Morgan fingerprint density at radius 1 is 1.40 bits per heavy atom. The van der Waals surface area contributed by atoms with Gasteiger partial charge in [-0.3, -0.25) is 0 Å². The van der Waals surface area contributed by atoms with Crippen LogP contribution >= 0.6 is 0 Å². The Balaban J connectivity index is 2.08. The van der Waals surface area contributed by atoms with Crippen molar-refractivity contribution in [2.45, 2.75) is 45.1 Å². The lowest BCUT2D eigenvalue weighted by molar-refractivity contribution is 0.420. The van der Waals surface area contributed by atoms with E-state index in [0.29, 0.717) is 5.41 Å². The molecule has 0 radical (unpaired) electrons. The lowest BCUT2D eigenvalue weighted by Crippen LogP contribution is -2.32. The van der Waals surface area contributed by atoms with Gasteiger partial charge in [0.15, 0.2) is 0 Å². The molecule has 10 heavy (non-hydrogen) atoms. The second-order valence-corrected chi connectivity index (χ2v) is 4.80. The molecule has 2 rings (SSSR count). The molecule has 0 bridgehead atoms. The summed E-state index contributed by atoms with van der Waals surface area (Å²) < 4.78 is 0. The zero-order valence-corrected chi connectivity index (χ0v) is 6.98. The quantitative estimate of drug-likeness (QED) is 0.545. The first kappa shape index (κ1) is 6.66. The molecule has 0 heterocycles. The maximum Gasteiger partial charge on any atom is 0.0131 e. The van der Waals surface area contributed by atoms with Crippen LogP contribution in [-0.2, 0) is 0 Å². The molecule has 1 heteroatoms. The van der Waals surface area contributed by atoms with E-state index in [4.69, 9.17) is 5.73 Å². The molecule has 2 unspecified atom stereocenters. The zero-order valence-electron chi connectivity index (χ0n) is 6.98. The van der Waals surface area contributed by atoms with E-state index in [2.05, 4.69) is 13.8 Å². The van der Waals surface area contributed by atoms with Crippen molar-refractivity contribution in [3.63, 3.8) is 0 Å². The van der Waals surface area contributed by atoms with E-state index in [1.165, 1.54) is 25.7 Å². The van der Waals surface area contributed by atoms with E-state index in [1.807, 2.05) is 0 Å². The molecule has 2 saturated carbocycles. The summed E-state index contributed by atoms with van der Waals surface area (Å²) >= 11 is 0. The summed E-state index contributed by atoms with van der Waals surface area (Å²) in [5, 5.41) is 0. The first-order chi connectivity index (χ1) is 4.54. The summed E-state index contributed by atoms with van der Waals surface area (Å²) in [6, 6.07) is 0. The Hall–Kier alpha value is -0.0400. The topological polar surface area (TPSA) is 26.0 Å². The van der Waals surface area contributed by atoms with Crippen molar-refractivity contribution in [3.8, 4) is 0 Å². The van der Waals surface area contributed by atoms with Crippen LogP contribution in [0.1, 0.15) is 39.5 Å². The molecule has 2 N–H and O–H groups in total. The summed E-state index contributed by atoms with van der Waals surface area (Å²) in [6.07, 6.45) is 5.36. The lowest BCUT2D eigenvalue weighted by Gasteiger charge is -2.16. The third-order valence-corrected chi connectivity index (χ3v) is 3.55. The standard InChI is InChI=1S/C9H17N/c1-7-5-9(7)4-3-8(2,10)6-9/h7H,3-6,10H2,1-2H3/t7?,8?,9-/m1/s1. The molecule has 0 aromatic carbocycles. The number of hydrogen-bond acceptors (Lipinski definition) is 1. The van der Waals surface area contributed by atoms with Crippen molar-refractivity contribution in [1.82, 2.24) is 0 Å². The van der Waals surface area contributed by atoms with Crippen LogP contribution in [0.5, 0.6) is 0 Å². The van der Waals surface area contributed by atoms with Crippen LogP contribution in [0.2, 0.25) is 0 Å². The van der Waals surface area contributed by atoms with Gasteiger partial charge in [-0.15, -0.1) is 0 Å². The van der Waals surface area contributed by atoms with Gasteiger partial charge in [-0.2, -0.15) is 0 Å². The molecule has 0 aromatic rings. The van der Waals surface area contributed by atoms with Crippen LogP contribution in [0.15, 0.2) is 0 Å². The lowest BCUT2D eigenvalue weighted by atomic mass is 9.97. The van der Waals surface area contributed by atoms with E-state index in [1.54, 1.807) is 0 Å². The highest BCUT2D eigenvalue weighted by Gasteiger charge is 2.57. The van der Waals surface area contributed by atoms with E-state index in [0.717, 1.165) is 5.92 Å². The Bertz CT molecular complexity index is 162. The molecule has 2 fully saturated rings. The molecule has 0 amide bonds. The molecule has 0 aliphatic heterocycles. The molecule has 1 spiro atoms. The molecule has 2 aliphatic carbocycles. The van der Waals surface area contributed by atoms with Gasteiger partial charge in [0.1, 0.15) is 0 Å². The van der Waals surface area contributed by atoms with E-state index < -0.39 is 0 Å². The zero-order chi connectivity index (χ0) is 7.41. The molecular weight excluding hydrogens is 122 g/mol. The van der Waals surface area contributed by atoms with Crippen molar-refractivity contribution < 1.29 is 0 Å². The van der Waals surface area contributed by atoms with Crippen LogP contribution in [0.3, 0.4) is 0 Å². The summed E-state index contributed by atoms with van der Waals surface area (Å²) in [7, 11) is 0. The summed E-state index contributed by atoms with van der Waals surface area (Å²) in [5.41, 5.74) is 6.94. The third-order valence-electron chi connectivity index (χ3n) is 3.55. The van der Waals surface area contributed by atoms with Crippen molar-refractivity contribution in [2.75, 3.05) is 0 Å². The highest BCUT2D eigenvalue weighted by atomic mass is 14.8. The Kier molecular flexibility index (Phi) is 1.05. The first-order valence-corrected chi connectivity index (χ1v) is 4.33. The van der Waals surface area contributed by atoms with E-state index >= 15 is 0 Å². The molecule has 0 aromatic heterocycles. The number of hydrogen-bond donors (Lipinski definition) is 1. The summed E-state index contributed by atoms with van der Waals surface area (Å²) in [4.78, 5) is 0. The number of rotatable bonds is 0. The highest BCUT2D eigenvalue weighted by Crippen LogP contribution is 2.64.